The Morgan fingerprint density at radius 3 is 2.33 bits per heavy atom. The van der Waals surface area contributed by atoms with Crippen LogP contribution in [0.1, 0.15) is 27.7 Å². The molecule has 92 valence electrons. The quantitative estimate of drug-likeness (QED) is 0.656. The minimum atomic E-state index is -0.624. The summed E-state index contributed by atoms with van der Waals surface area (Å²) in [5.41, 5.74) is -0.704. The van der Waals surface area contributed by atoms with Gasteiger partial charge in [-0.25, -0.2) is 0 Å². The van der Waals surface area contributed by atoms with E-state index in [-0.39, 0.29) is 5.60 Å². The van der Waals surface area contributed by atoms with Gasteiger partial charge >= 0.3 is 0 Å². The number of rotatable bonds is 7. The van der Waals surface area contributed by atoms with E-state index in [2.05, 4.69) is 5.32 Å². The van der Waals surface area contributed by atoms with Gasteiger partial charge in [0, 0.05) is 18.8 Å². The van der Waals surface area contributed by atoms with Gasteiger partial charge in [-0.15, -0.1) is 0 Å². The summed E-state index contributed by atoms with van der Waals surface area (Å²) in [6.07, 6.45) is 2.00. The first-order valence-electron chi connectivity index (χ1n) is 5.33. The van der Waals surface area contributed by atoms with Gasteiger partial charge in [0.15, 0.2) is 0 Å². The van der Waals surface area contributed by atoms with E-state index in [4.69, 9.17) is 4.74 Å². The minimum Gasteiger partial charge on any atom is -0.388 e. The second kappa shape index (κ2) is 6.74. The van der Waals surface area contributed by atoms with E-state index in [1.807, 2.05) is 34.0 Å². The van der Waals surface area contributed by atoms with Crippen LogP contribution in [0.15, 0.2) is 0 Å². The lowest BCUT2D eigenvalue weighted by molar-refractivity contribution is -0.00292. The van der Waals surface area contributed by atoms with Crippen molar-refractivity contribution in [3.8, 4) is 0 Å². The van der Waals surface area contributed by atoms with Gasteiger partial charge in [-0.2, -0.15) is 11.8 Å². The molecular formula is C11H25NO2S. The number of hydrogen-bond donors (Lipinski definition) is 2. The Balaban J connectivity index is 3.46. The summed E-state index contributed by atoms with van der Waals surface area (Å²) in [7, 11) is 0. The van der Waals surface area contributed by atoms with Gasteiger partial charge in [-0.3, -0.25) is 0 Å². The maximum absolute atomic E-state index is 9.85. The van der Waals surface area contributed by atoms with Crippen LogP contribution in [0.2, 0.25) is 0 Å². The van der Waals surface area contributed by atoms with Crippen molar-refractivity contribution < 1.29 is 9.84 Å². The predicted octanol–water partition coefficient (Wildman–Crippen LogP) is 1.51. The monoisotopic (exact) mass is 235 g/mol. The average Bonchev–Trinajstić information content (AvgIpc) is 2.00. The number of aliphatic hydroxyl groups is 1. The molecule has 0 saturated heterocycles. The van der Waals surface area contributed by atoms with Crippen LogP contribution in [-0.2, 0) is 4.74 Å². The topological polar surface area (TPSA) is 41.5 Å². The van der Waals surface area contributed by atoms with Gasteiger partial charge in [-0.1, -0.05) is 0 Å². The van der Waals surface area contributed by atoms with Crippen molar-refractivity contribution in [1.29, 1.82) is 0 Å². The molecular weight excluding hydrogens is 210 g/mol. The maximum Gasteiger partial charge on any atom is 0.0833 e. The molecule has 0 aliphatic carbocycles. The highest BCUT2D eigenvalue weighted by Crippen LogP contribution is 2.09. The summed E-state index contributed by atoms with van der Waals surface area (Å²) in [6.45, 7) is 10.0. The van der Waals surface area contributed by atoms with Gasteiger partial charge in [0.25, 0.3) is 0 Å². The van der Waals surface area contributed by atoms with Gasteiger partial charge in [0.2, 0.25) is 0 Å². The second-order valence-corrected chi connectivity index (χ2v) is 5.93. The van der Waals surface area contributed by atoms with Gasteiger partial charge in [0.05, 0.1) is 17.8 Å². The Morgan fingerprint density at radius 1 is 1.27 bits per heavy atom. The Bertz CT molecular complexity index is 166. The first-order valence-corrected chi connectivity index (χ1v) is 6.72. The number of hydrogen-bond acceptors (Lipinski definition) is 4. The highest BCUT2D eigenvalue weighted by Gasteiger charge is 2.18. The van der Waals surface area contributed by atoms with Crippen LogP contribution in [0, 0.1) is 0 Å². The third-order valence-electron chi connectivity index (χ3n) is 1.78. The first-order chi connectivity index (χ1) is 6.77. The van der Waals surface area contributed by atoms with Crippen molar-refractivity contribution in [2.75, 3.05) is 31.7 Å². The Labute approximate surface area is 98.0 Å². The zero-order valence-electron chi connectivity index (χ0n) is 10.6. The fraction of sp³-hybridized carbons (Fsp3) is 1.00. The van der Waals surface area contributed by atoms with Crippen LogP contribution >= 0.6 is 11.8 Å². The molecule has 2 N–H and O–H groups in total. The van der Waals surface area contributed by atoms with Crippen LogP contribution in [0.25, 0.3) is 0 Å². The molecule has 0 heterocycles. The Morgan fingerprint density at radius 2 is 1.87 bits per heavy atom. The van der Waals surface area contributed by atoms with Crippen LogP contribution in [0.4, 0.5) is 0 Å². The molecule has 0 aliphatic rings. The molecule has 0 aliphatic heterocycles. The second-order valence-electron chi connectivity index (χ2n) is 5.07. The number of nitrogens with one attached hydrogen (secondary N) is 1. The number of thioether (sulfide) groups is 1. The molecule has 0 bridgehead atoms. The number of ether oxygens (including phenoxy) is 1. The van der Waals surface area contributed by atoms with Gasteiger partial charge in [-0.05, 0) is 34.0 Å². The summed E-state index contributed by atoms with van der Waals surface area (Å²) in [5, 5.41) is 13.0. The van der Waals surface area contributed by atoms with Crippen molar-refractivity contribution in [2.45, 2.75) is 38.9 Å². The minimum absolute atomic E-state index is 0.0799. The molecule has 0 aromatic heterocycles. The van der Waals surface area contributed by atoms with Crippen molar-refractivity contribution in [3.63, 3.8) is 0 Å². The van der Waals surface area contributed by atoms with Gasteiger partial charge < -0.3 is 15.2 Å². The molecule has 3 nitrogen and oxygen atoms in total. The Kier molecular flexibility index (Phi) is 6.84. The van der Waals surface area contributed by atoms with E-state index in [0.717, 1.165) is 12.3 Å². The van der Waals surface area contributed by atoms with E-state index in [9.17, 15) is 5.11 Å². The summed E-state index contributed by atoms with van der Waals surface area (Å²) in [5.74, 6) is 0.750. The van der Waals surface area contributed by atoms with E-state index in [1.54, 1.807) is 11.8 Å². The molecule has 1 atom stereocenters. The SMILES string of the molecule is CSCC(C)(O)CNCCOC(C)(C)C. The highest BCUT2D eigenvalue weighted by molar-refractivity contribution is 7.98. The van der Waals surface area contributed by atoms with Gasteiger partial charge in [0.1, 0.15) is 0 Å². The van der Waals surface area contributed by atoms with E-state index in [0.29, 0.717) is 13.2 Å². The van der Waals surface area contributed by atoms with Crippen LogP contribution in [0.5, 0.6) is 0 Å². The van der Waals surface area contributed by atoms with E-state index < -0.39 is 5.60 Å². The molecule has 4 heteroatoms. The summed E-state index contributed by atoms with van der Waals surface area (Å²) in [6, 6.07) is 0. The molecule has 1 unspecified atom stereocenters. The average molecular weight is 235 g/mol. The maximum atomic E-state index is 9.85. The zero-order chi connectivity index (χ0) is 11.9. The first kappa shape index (κ1) is 15.2. The largest absolute Gasteiger partial charge is 0.388 e. The smallest absolute Gasteiger partial charge is 0.0833 e. The molecule has 15 heavy (non-hydrogen) atoms. The lowest BCUT2D eigenvalue weighted by Crippen LogP contribution is -2.41. The fourth-order valence-electron chi connectivity index (χ4n) is 1.15. The summed E-state index contributed by atoms with van der Waals surface area (Å²) >= 11 is 1.66. The molecule has 0 rings (SSSR count). The van der Waals surface area contributed by atoms with E-state index in [1.165, 1.54) is 0 Å². The van der Waals surface area contributed by atoms with Crippen molar-refractivity contribution >= 4 is 11.8 Å². The molecule has 0 spiro atoms. The standard InChI is InChI=1S/C11H25NO2S/c1-10(2,3)14-7-6-12-8-11(4,13)9-15-5/h12-13H,6-9H2,1-5H3. The fourth-order valence-corrected chi connectivity index (χ4v) is 1.87. The highest BCUT2D eigenvalue weighted by atomic mass is 32.2. The van der Waals surface area contributed by atoms with Crippen molar-refractivity contribution in [3.05, 3.63) is 0 Å². The van der Waals surface area contributed by atoms with Crippen LogP contribution in [0.3, 0.4) is 0 Å². The third-order valence-corrected chi connectivity index (χ3v) is 2.69. The lowest BCUT2D eigenvalue weighted by atomic mass is 10.1. The summed E-state index contributed by atoms with van der Waals surface area (Å²) < 4.78 is 5.55. The molecule has 0 amide bonds. The van der Waals surface area contributed by atoms with Crippen molar-refractivity contribution in [2.24, 2.45) is 0 Å². The third kappa shape index (κ3) is 10.5. The lowest BCUT2D eigenvalue weighted by Gasteiger charge is -2.24. The predicted molar refractivity (Wildman–Crippen MR) is 67.6 cm³/mol. The molecule has 0 fully saturated rings. The van der Waals surface area contributed by atoms with Crippen LogP contribution < -0.4 is 5.32 Å². The molecule has 0 aromatic rings. The molecule has 0 aromatic carbocycles. The normalized spacial score (nSPS) is 16.4. The summed E-state index contributed by atoms with van der Waals surface area (Å²) in [4.78, 5) is 0. The zero-order valence-corrected chi connectivity index (χ0v) is 11.4. The molecule has 0 saturated carbocycles. The van der Waals surface area contributed by atoms with E-state index >= 15 is 0 Å². The molecule has 0 radical (unpaired) electrons. The van der Waals surface area contributed by atoms with Crippen LogP contribution in [-0.4, -0.2) is 48.0 Å². The van der Waals surface area contributed by atoms with Crippen molar-refractivity contribution in [1.82, 2.24) is 5.32 Å². The Hall–Kier alpha value is 0.230.